The van der Waals surface area contributed by atoms with Crippen LogP contribution in [0.4, 0.5) is 5.82 Å². The van der Waals surface area contributed by atoms with Crippen LogP contribution < -0.4 is 4.90 Å². The number of imide groups is 1. The molecule has 0 unspecified atom stereocenters. The Morgan fingerprint density at radius 3 is 2.00 bits per heavy atom. The molecule has 0 bridgehead atoms. The van der Waals surface area contributed by atoms with Crippen molar-refractivity contribution in [2.24, 2.45) is 10.8 Å². The maximum atomic E-state index is 14.1. The number of amides is 2. The molecule has 0 N–H and O–H groups in total. The average molecular weight is 468 g/mol. The monoisotopic (exact) mass is 467 g/mol. The van der Waals surface area contributed by atoms with Crippen LogP contribution in [0.15, 0.2) is 12.7 Å². The van der Waals surface area contributed by atoms with Gasteiger partial charge in [0.2, 0.25) is 11.8 Å². The highest BCUT2D eigenvalue weighted by Gasteiger charge is 2.69. The fourth-order valence-corrected chi connectivity index (χ4v) is 6.48. The van der Waals surface area contributed by atoms with E-state index in [0.717, 1.165) is 64.2 Å². The Kier molecular flexibility index (Phi) is 5.48. The summed E-state index contributed by atoms with van der Waals surface area (Å²) in [6, 6.07) is 0. The zero-order valence-electron chi connectivity index (χ0n) is 20.3. The van der Waals surface area contributed by atoms with Gasteiger partial charge in [-0.25, -0.2) is 19.9 Å². The summed E-state index contributed by atoms with van der Waals surface area (Å²) >= 11 is 0. The second-order valence-electron chi connectivity index (χ2n) is 11.1. The van der Waals surface area contributed by atoms with Gasteiger partial charge in [-0.2, -0.15) is 0 Å². The van der Waals surface area contributed by atoms with Gasteiger partial charge < -0.3 is 9.30 Å². The van der Waals surface area contributed by atoms with Crippen LogP contribution in [-0.2, 0) is 25.7 Å². The van der Waals surface area contributed by atoms with Crippen LogP contribution in [0.5, 0.6) is 0 Å². The SMILES string of the molecule is CC(C)(C)OC(=O)Cn1cnc2c(N3C(=O)C4(CCCCC4)C4(CCCCC4)C3=O)ncnc21. The molecule has 3 heterocycles. The highest BCUT2D eigenvalue weighted by atomic mass is 16.6. The number of carbonyl (C=O) groups is 3. The van der Waals surface area contributed by atoms with E-state index in [2.05, 4.69) is 15.0 Å². The Hall–Kier alpha value is -2.84. The summed E-state index contributed by atoms with van der Waals surface area (Å²) in [6.07, 6.45) is 12.0. The Morgan fingerprint density at radius 1 is 0.912 bits per heavy atom. The average Bonchev–Trinajstić information content (AvgIpc) is 3.27. The number of hydrogen-bond acceptors (Lipinski definition) is 7. The number of rotatable bonds is 3. The van der Waals surface area contributed by atoms with Crippen molar-refractivity contribution >= 4 is 34.8 Å². The van der Waals surface area contributed by atoms with Crippen molar-refractivity contribution in [2.75, 3.05) is 4.90 Å². The summed E-state index contributed by atoms with van der Waals surface area (Å²) < 4.78 is 7.00. The lowest BCUT2D eigenvalue weighted by atomic mass is 9.53. The molecule has 2 aromatic heterocycles. The van der Waals surface area contributed by atoms with Gasteiger partial charge in [0.1, 0.15) is 18.5 Å². The van der Waals surface area contributed by atoms with Crippen LogP contribution in [0.2, 0.25) is 0 Å². The Bertz CT molecular complexity index is 1100. The van der Waals surface area contributed by atoms with E-state index in [9.17, 15) is 14.4 Å². The fourth-order valence-electron chi connectivity index (χ4n) is 6.48. The van der Waals surface area contributed by atoms with Crippen molar-refractivity contribution in [2.45, 2.75) is 97.1 Å². The van der Waals surface area contributed by atoms with Crippen LogP contribution in [0, 0.1) is 10.8 Å². The van der Waals surface area contributed by atoms with E-state index in [0.29, 0.717) is 11.2 Å². The van der Waals surface area contributed by atoms with E-state index in [-0.39, 0.29) is 24.2 Å². The second kappa shape index (κ2) is 8.13. The molecule has 0 radical (unpaired) electrons. The van der Waals surface area contributed by atoms with Crippen LogP contribution >= 0.6 is 0 Å². The number of aromatic nitrogens is 4. The standard InChI is InChI=1S/C25H33N5O4/c1-23(2,3)34-17(31)14-29-16-28-18-19(29)26-15-27-20(18)30-21(32)24(10-6-4-7-11-24)25(22(30)33)12-8-5-9-13-25/h15-16H,4-14H2,1-3H3. The van der Waals surface area contributed by atoms with Gasteiger partial charge in [-0.15, -0.1) is 0 Å². The fraction of sp³-hybridized carbons (Fsp3) is 0.680. The van der Waals surface area contributed by atoms with Gasteiger partial charge in [0.25, 0.3) is 0 Å². The first-order valence-electron chi connectivity index (χ1n) is 12.5. The topological polar surface area (TPSA) is 107 Å². The molecule has 2 aromatic rings. The molecule has 2 spiro atoms. The molecule has 34 heavy (non-hydrogen) atoms. The minimum Gasteiger partial charge on any atom is -0.459 e. The van der Waals surface area contributed by atoms with Gasteiger partial charge in [0.05, 0.1) is 17.2 Å². The van der Waals surface area contributed by atoms with Crippen molar-refractivity contribution < 1.29 is 19.1 Å². The maximum Gasteiger partial charge on any atom is 0.326 e. The third-order valence-electron chi connectivity index (χ3n) is 7.87. The Labute approximate surface area is 199 Å². The molecule has 1 aliphatic heterocycles. The lowest BCUT2D eigenvalue weighted by molar-refractivity contribution is -0.155. The molecule has 3 fully saturated rings. The molecule has 182 valence electrons. The zero-order valence-corrected chi connectivity index (χ0v) is 20.3. The molecular weight excluding hydrogens is 434 g/mol. The number of ether oxygens (including phenoxy) is 1. The van der Waals surface area contributed by atoms with Crippen molar-refractivity contribution in [3.8, 4) is 0 Å². The van der Waals surface area contributed by atoms with Gasteiger partial charge in [0.15, 0.2) is 17.0 Å². The predicted octanol–water partition coefficient (Wildman–Crippen LogP) is 3.94. The van der Waals surface area contributed by atoms with E-state index in [1.54, 1.807) is 4.57 Å². The van der Waals surface area contributed by atoms with Crippen molar-refractivity contribution in [3.63, 3.8) is 0 Å². The van der Waals surface area contributed by atoms with Crippen molar-refractivity contribution in [1.82, 2.24) is 19.5 Å². The molecule has 2 aliphatic carbocycles. The third-order valence-corrected chi connectivity index (χ3v) is 7.87. The van der Waals surface area contributed by atoms with Gasteiger partial charge in [-0.1, -0.05) is 38.5 Å². The first-order chi connectivity index (χ1) is 16.2. The summed E-state index contributed by atoms with van der Waals surface area (Å²) in [4.78, 5) is 55.0. The lowest BCUT2D eigenvalue weighted by Crippen LogP contribution is -2.47. The van der Waals surface area contributed by atoms with Crippen LogP contribution in [0.3, 0.4) is 0 Å². The summed E-state index contributed by atoms with van der Waals surface area (Å²) in [6.45, 7) is 5.36. The quantitative estimate of drug-likeness (QED) is 0.497. The minimum atomic E-state index is -0.640. The van der Waals surface area contributed by atoms with E-state index < -0.39 is 22.4 Å². The molecule has 9 nitrogen and oxygen atoms in total. The molecule has 5 rings (SSSR count). The van der Waals surface area contributed by atoms with Crippen LogP contribution in [-0.4, -0.2) is 42.9 Å². The Morgan fingerprint density at radius 2 is 1.47 bits per heavy atom. The number of carbonyl (C=O) groups excluding carboxylic acids is 3. The summed E-state index contributed by atoms with van der Waals surface area (Å²) in [7, 11) is 0. The normalized spacial score (nSPS) is 22.1. The zero-order chi connectivity index (χ0) is 24.1. The van der Waals surface area contributed by atoms with E-state index in [4.69, 9.17) is 4.74 Å². The molecule has 2 amide bonds. The molecule has 0 atom stereocenters. The highest BCUT2D eigenvalue weighted by Crippen LogP contribution is 2.62. The summed E-state index contributed by atoms with van der Waals surface area (Å²) in [5, 5.41) is 0. The number of hydrogen-bond donors (Lipinski definition) is 0. The van der Waals surface area contributed by atoms with Crippen molar-refractivity contribution in [1.29, 1.82) is 0 Å². The van der Waals surface area contributed by atoms with Crippen molar-refractivity contribution in [3.05, 3.63) is 12.7 Å². The third kappa shape index (κ3) is 3.43. The van der Waals surface area contributed by atoms with E-state index in [1.807, 2.05) is 20.8 Å². The Balaban J connectivity index is 1.55. The molecule has 2 saturated carbocycles. The summed E-state index contributed by atoms with van der Waals surface area (Å²) in [5.41, 5.74) is -1.13. The number of esters is 1. The first-order valence-corrected chi connectivity index (χ1v) is 12.5. The molecule has 3 aliphatic rings. The maximum absolute atomic E-state index is 14.1. The number of fused-ring (bicyclic) bond motifs is 2. The minimum absolute atomic E-state index is 0.0695. The highest BCUT2D eigenvalue weighted by molar-refractivity contribution is 6.26. The molecule has 0 aromatic carbocycles. The van der Waals surface area contributed by atoms with Gasteiger partial charge in [-0.3, -0.25) is 14.4 Å². The number of anilines is 1. The molecular formula is C25H33N5O4. The number of nitrogens with zero attached hydrogens (tertiary/aromatic N) is 5. The summed E-state index contributed by atoms with van der Waals surface area (Å²) in [5.74, 6) is -0.431. The van der Waals surface area contributed by atoms with Gasteiger partial charge >= 0.3 is 5.97 Å². The first kappa shape index (κ1) is 22.9. The van der Waals surface area contributed by atoms with E-state index in [1.165, 1.54) is 17.6 Å². The van der Waals surface area contributed by atoms with Crippen LogP contribution in [0.1, 0.15) is 85.0 Å². The van der Waals surface area contributed by atoms with Crippen LogP contribution in [0.25, 0.3) is 11.2 Å². The largest absolute Gasteiger partial charge is 0.459 e. The second-order valence-corrected chi connectivity index (χ2v) is 11.1. The lowest BCUT2D eigenvalue weighted by Gasteiger charge is -2.46. The van der Waals surface area contributed by atoms with Gasteiger partial charge in [0, 0.05) is 0 Å². The van der Waals surface area contributed by atoms with E-state index >= 15 is 0 Å². The smallest absolute Gasteiger partial charge is 0.326 e. The molecule has 9 heteroatoms. The molecule has 1 saturated heterocycles. The number of imidazole rings is 1. The van der Waals surface area contributed by atoms with Gasteiger partial charge in [-0.05, 0) is 46.5 Å². The predicted molar refractivity (Wildman–Crippen MR) is 125 cm³/mol.